The highest BCUT2D eigenvalue weighted by Gasteiger charge is 2.14. The molecular formula is C12H13N3O4S. The van der Waals surface area contributed by atoms with Crippen molar-refractivity contribution in [2.45, 2.75) is 5.75 Å². The molecule has 1 aromatic heterocycles. The number of carbonyl (C=O) groups is 1. The summed E-state index contributed by atoms with van der Waals surface area (Å²) in [4.78, 5) is 11.4. The van der Waals surface area contributed by atoms with E-state index >= 15 is 0 Å². The molecule has 0 spiro atoms. The Balaban J connectivity index is 2.15. The molecule has 2 rings (SSSR count). The highest BCUT2D eigenvalue weighted by molar-refractivity contribution is 7.91. The quantitative estimate of drug-likeness (QED) is 0.805. The van der Waals surface area contributed by atoms with Gasteiger partial charge in [-0.2, -0.15) is 5.10 Å². The van der Waals surface area contributed by atoms with Crippen LogP contribution in [0.1, 0.15) is 15.9 Å². The van der Waals surface area contributed by atoms with E-state index in [2.05, 4.69) is 19.7 Å². The van der Waals surface area contributed by atoms with Gasteiger partial charge in [-0.15, -0.1) is 0 Å². The van der Waals surface area contributed by atoms with Crippen LogP contribution in [0.15, 0.2) is 36.7 Å². The molecule has 0 fully saturated rings. The van der Waals surface area contributed by atoms with Crippen LogP contribution < -0.4 is 4.72 Å². The molecule has 7 nitrogen and oxygen atoms in total. The van der Waals surface area contributed by atoms with Crippen molar-refractivity contribution in [2.24, 2.45) is 0 Å². The second kappa shape index (κ2) is 5.74. The lowest BCUT2D eigenvalue weighted by atomic mass is 10.1. The Morgan fingerprint density at radius 2 is 2.25 bits per heavy atom. The van der Waals surface area contributed by atoms with E-state index < -0.39 is 16.0 Å². The molecule has 0 aliphatic heterocycles. The molecule has 0 unspecified atom stereocenters. The number of esters is 1. The lowest BCUT2D eigenvalue weighted by Gasteiger charge is -2.07. The third-order valence-corrected chi connectivity index (χ3v) is 3.74. The van der Waals surface area contributed by atoms with Crippen molar-refractivity contribution >= 4 is 21.7 Å². The molecule has 1 heterocycles. The first kappa shape index (κ1) is 14.1. The smallest absolute Gasteiger partial charge is 0.337 e. The zero-order chi connectivity index (χ0) is 14.6. The average molecular weight is 295 g/mol. The molecule has 2 N–H and O–H groups in total. The van der Waals surface area contributed by atoms with Crippen LogP contribution in [0, 0.1) is 0 Å². The third kappa shape index (κ3) is 3.58. The highest BCUT2D eigenvalue weighted by atomic mass is 32.2. The van der Waals surface area contributed by atoms with E-state index in [1.54, 1.807) is 18.2 Å². The number of rotatable bonds is 5. The molecule has 0 amide bonds. The summed E-state index contributed by atoms with van der Waals surface area (Å²) >= 11 is 0. The van der Waals surface area contributed by atoms with Gasteiger partial charge in [-0.3, -0.25) is 9.82 Å². The van der Waals surface area contributed by atoms with Crippen LogP contribution >= 0.6 is 0 Å². The summed E-state index contributed by atoms with van der Waals surface area (Å²) in [7, 11) is -2.30. The Kier molecular flexibility index (Phi) is 4.04. The first-order valence-electron chi connectivity index (χ1n) is 5.67. The van der Waals surface area contributed by atoms with E-state index in [4.69, 9.17) is 0 Å². The van der Waals surface area contributed by atoms with Gasteiger partial charge in [0.05, 0.1) is 30.3 Å². The second-order valence-electron chi connectivity index (χ2n) is 4.04. The number of ether oxygens (including phenoxy) is 1. The molecule has 20 heavy (non-hydrogen) atoms. The molecular weight excluding hydrogens is 282 g/mol. The monoisotopic (exact) mass is 295 g/mol. The minimum atomic E-state index is -3.57. The zero-order valence-electron chi connectivity index (χ0n) is 10.7. The number of carbonyl (C=O) groups excluding carboxylic acids is 1. The summed E-state index contributed by atoms with van der Waals surface area (Å²) in [5, 5.41) is 6.16. The summed E-state index contributed by atoms with van der Waals surface area (Å²) in [5.74, 6) is -0.754. The fourth-order valence-electron chi connectivity index (χ4n) is 1.65. The van der Waals surface area contributed by atoms with Gasteiger partial charge in [-0.05, 0) is 17.7 Å². The number of benzene rings is 1. The molecule has 0 aliphatic carbocycles. The highest BCUT2D eigenvalue weighted by Crippen LogP contribution is 2.13. The second-order valence-corrected chi connectivity index (χ2v) is 5.76. The van der Waals surface area contributed by atoms with Crippen molar-refractivity contribution in [3.05, 3.63) is 47.8 Å². The van der Waals surface area contributed by atoms with Gasteiger partial charge in [0.25, 0.3) is 0 Å². The van der Waals surface area contributed by atoms with E-state index in [-0.39, 0.29) is 5.75 Å². The summed E-state index contributed by atoms with van der Waals surface area (Å²) in [6.07, 6.45) is 2.80. The molecule has 0 aliphatic rings. The number of nitrogens with one attached hydrogen (secondary N) is 2. The fourth-order valence-corrected chi connectivity index (χ4v) is 2.81. The van der Waals surface area contributed by atoms with Crippen LogP contribution in [0.25, 0.3) is 0 Å². The Hall–Kier alpha value is -2.35. The molecule has 8 heteroatoms. The number of anilines is 1. The standard InChI is InChI=1S/C12H13N3O4S/c1-19-12(16)10-4-2-3-9(5-10)8-20(17,18)15-11-6-13-14-7-11/h2-7,15H,8H2,1H3,(H,13,14). The van der Waals surface area contributed by atoms with E-state index in [9.17, 15) is 13.2 Å². The topological polar surface area (TPSA) is 101 Å². The van der Waals surface area contributed by atoms with Gasteiger partial charge >= 0.3 is 5.97 Å². The van der Waals surface area contributed by atoms with E-state index in [0.717, 1.165) is 0 Å². The van der Waals surface area contributed by atoms with Gasteiger partial charge in [-0.25, -0.2) is 13.2 Å². The van der Waals surface area contributed by atoms with Crippen molar-refractivity contribution in [3.8, 4) is 0 Å². The number of sulfonamides is 1. The minimum Gasteiger partial charge on any atom is -0.465 e. The number of methoxy groups -OCH3 is 1. The minimum absolute atomic E-state index is 0.247. The van der Waals surface area contributed by atoms with Crippen LogP contribution in [0.3, 0.4) is 0 Å². The van der Waals surface area contributed by atoms with Crippen molar-refractivity contribution in [3.63, 3.8) is 0 Å². The van der Waals surface area contributed by atoms with Gasteiger partial charge < -0.3 is 4.74 Å². The predicted octanol–water partition coefficient (Wildman–Crippen LogP) is 1.14. The summed E-state index contributed by atoms with van der Waals surface area (Å²) < 4.78 is 30.9. The summed E-state index contributed by atoms with van der Waals surface area (Å²) in [6, 6.07) is 6.28. The molecule has 1 aromatic carbocycles. The SMILES string of the molecule is COC(=O)c1cccc(CS(=O)(=O)Nc2cn[nH]c2)c1. The number of nitrogens with zero attached hydrogens (tertiary/aromatic N) is 1. The van der Waals surface area contributed by atoms with Gasteiger partial charge in [0.1, 0.15) is 0 Å². The molecule has 0 saturated carbocycles. The Labute approximate surface area is 116 Å². The Morgan fingerprint density at radius 1 is 1.45 bits per heavy atom. The lowest BCUT2D eigenvalue weighted by Crippen LogP contribution is -2.15. The number of aromatic amines is 1. The van der Waals surface area contributed by atoms with E-state index in [1.165, 1.54) is 25.6 Å². The van der Waals surface area contributed by atoms with Gasteiger partial charge in [0, 0.05) is 6.20 Å². The summed E-state index contributed by atoms with van der Waals surface area (Å²) in [6.45, 7) is 0. The van der Waals surface area contributed by atoms with Crippen LogP contribution in [-0.2, 0) is 20.5 Å². The molecule has 2 aromatic rings. The lowest BCUT2D eigenvalue weighted by molar-refractivity contribution is 0.0600. The van der Waals surface area contributed by atoms with E-state index in [1.807, 2.05) is 0 Å². The number of hydrogen-bond donors (Lipinski definition) is 2. The Bertz CT molecular complexity index is 695. The number of H-pyrrole nitrogens is 1. The summed E-state index contributed by atoms with van der Waals surface area (Å²) in [5.41, 5.74) is 1.15. The van der Waals surface area contributed by atoms with Crippen molar-refractivity contribution in [2.75, 3.05) is 11.8 Å². The number of aromatic nitrogens is 2. The maximum Gasteiger partial charge on any atom is 0.337 e. The average Bonchev–Trinajstić information content (AvgIpc) is 2.89. The maximum absolute atomic E-state index is 11.9. The largest absolute Gasteiger partial charge is 0.465 e. The third-order valence-electron chi connectivity index (χ3n) is 2.48. The first-order chi connectivity index (χ1) is 9.50. The fraction of sp³-hybridized carbons (Fsp3) is 0.167. The van der Waals surface area contributed by atoms with E-state index in [0.29, 0.717) is 16.8 Å². The number of hydrogen-bond acceptors (Lipinski definition) is 5. The molecule has 0 atom stereocenters. The van der Waals surface area contributed by atoms with Crippen LogP contribution in [-0.4, -0.2) is 31.7 Å². The molecule has 106 valence electrons. The van der Waals surface area contributed by atoms with Crippen LogP contribution in [0.4, 0.5) is 5.69 Å². The Morgan fingerprint density at radius 3 is 2.90 bits per heavy atom. The van der Waals surface area contributed by atoms with Gasteiger partial charge in [0.15, 0.2) is 0 Å². The molecule has 0 saturated heterocycles. The zero-order valence-corrected chi connectivity index (χ0v) is 11.5. The molecule has 0 radical (unpaired) electrons. The maximum atomic E-state index is 11.9. The van der Waals surface area contributed by atoms with Gasteiger partial charge in [0.2, 0.25) is 10.0 Å². The van der Waals surface area contributed by atoms with Crippen molar-refractivity contribution in [1.82, 2.24) is 10.2 Å². The first-order valence-corrected chi connectivity index (χ1v) is 7.32. The van der Waals surface area contributed by atoms with Gasteiger partial charge in [-0.1, -0.05) is 12.1 Å². The predicted molar refractivity (Wildman–Crippen MR) is 72.6 cm³/mol. The van der Waals surface area contributed by atoms with Crippen LogP contribution in [0.5, 0.6) is 0 Å². The van der Waals surface area contributed by atoms with Crippen molar-refractivity contribution in [1.29, 1.82) is 0 Å². The van der Waals surface area contributed by atoms with Crippen molar-refractivity contribution < 1.29 is 17.9 Å². The normalized spacial score (nSPS) is 11.1. The molecule has 0 bridgehead atoms. The van der Waals surface area contributed by atoms with Crippen LogP contribution in [0.2, 0.25) is 0 Å².